The van der Waals surface area contributed by atoms with Gasteiger partial charge in [0.25, 0.3) is 0 Å². The van der Waals surface area contributed by atoms with E-state index in [-0.39, 0.29) is 35.2 Å². The summed E-state index contributed by atoms with van der Waals surface area (Å²) in [6, 6.07) is 6.41. The van der Waals surface area contributed by atoms with Gasteiger partial charge in [-0.1, -0.05) is 20.8 Å². The molecule has 0 amide bonds. The summed E-state index contributed by atoms with van der Waals surface area (Å²) in [4.78, 5) is 12.7. The third-order valence-corrected chi connectivity index (χ3v) is 7.06. The summed E-state index contributed by atoms with van der Waals surface area (Å²) < 4.78 is 58.0. The van der Waals surface area contributed by atoms with Crippen LogP contribution in [-0.2, 0) is 21.6 Å². The molecule has 0 aromatic heterocycles. The van der Waals surface area contributed by atoms with Crippen molar-refractivity contribution in [3.63, 3.8) is 0 Å². The van der Waals surface area contributed by atoms with Crippen molar-refractivity contribution in [3.8, 4) is 28.7 Å². The van der Waals surface area contributed by atoms with E-state index in [0.717, 1.165) is 6.07 Å². The largest absolute Gasteiger partial charge is 0.501 e. The van der Waals surface area contributed by atoms with Crippen molar-refractivity contribution in [3.05, 3.63) is 41.5 Å². The highest BCUT2D eigenvalue weighted by Gasteiger charge is 2.45. The Balaban J connectivity index is 1.97. The number of rotatable bonds is 13. The third kappa shape index (κ3) is 7.78. The van der Waals surface area contributed by atoms with E-state index in [1.54, 1.807) is 0 Å². The highest BCUT2D eigenvalue weighted by molar-refractivity contribution is 7.82. The number of ketones is 1. The first-order chi connectivity index (χ1) is 19.3. The van der Waals surface area contributed by atoms with Gasteiger partial charge in [0.1, 0.15) is 35.9 Å². The number of ether oxygens (including phenoxy) is 4. The summed E-state index contributed by atoms with van der Waals surface area (Å²) >= 11 is 0. The smallest absolute Gasteiger partial charge is 0.496 e. The van der Waals surface area contributed by atoms with E-state index in [4.69, 9.17) is 27.3 Å². The molecule has 0 saturated carbocycles. The number of hydrogen-bond donors (Lipinski definition) is 4. The predicted octanol–water partition coefficient (Wildman–Crippen LogP) is 1.38. The molecule has 4 N–H and O–H groups in total. The zero-order chi connectivity index (χ0) is 30.5. The lowest BCUT2D eigenvalue weighted by Gasteiger charge is -2.39. The van der Waals surface area contributed by atoms with Crippen LogP contribution in [0.1, 0.15) is 43.1 Å². The van der Waals surface area contributed by atoms with E-state index in [1.807, 2.05) is 20.8 Å². The number of hydrogen-bond acceptors (Lipinski definition) is 13. The second-order valence-corrected chi connectivity index (χ2v) is 10.9. The van der Waals surface area contributed by atoms with Gasteiger partial charge in [-0.05, 0) is 30.5 Å². The zero-order valence-corrected chi connectivity index (χ0v) is 24.2. The Kier molecular flexibility index (Phi) is 10.8. The Labute approximate surface area is 238 Å². The van der Waals surface area contributed by atoms with Crippen LogP contribution in [0.3, 0.4) is 0 Å². The molecule has 0 radical (unpaired) electrons. The van der Waals surface area contributed by atoms with Gasteiger partial charge < -0.3 is 47.7 Å². The minimum atomic E-state index is -4.87. The fourth-order valence-electron chi connectivity index (χ4n) is 4.22. The van der Waals surface area contributed by atoms with Crippen LogP contribution in [-0.4, -0.2) is 86.2 Å². The number of aliphatic hydroxyl groups is 4. The van der Waals surface area contributed by atoms with Crippen molar-refractivity contribution in [2.45, 2.75) is 64.3 Å². The summed E-state index contributed by atoms with van der Waals surface area (Å²) in [5.41, 5.74) is 0.799. The van der Waals surface area contributed by atoms with Gasteiger partial charge in [-0.25, -0.2) is 0 Å². The Hall–Kier alpha value is -3.14. The van der Waals surface area contributed by atoms with Crippen molar-refractivity contribution in [1.29, 1.82) is 0 Å². The normalized spacial score (nSPS) is 22.7. The molecular weight excluding hydrogens is 564 g/mol. The Morgan fingerprint density at radius 2 is 1.56 bits per heavy atom. The van der Waals surface area contributed by atoms with Crippen molar-refractivity contribution < 1.29 is 61.0 Å². The molecule has 1 unspecified atom stereocenters. The number of carbonyl (C=O) groups excluding carboxylic acids is 1. The minimum Gasteiger partial charge on any atom is -0.496 e. The molecule has 1 saturated heterocycles. The molecule has 2 aromatic rings. The van der Waals surface area contributed by atoms with Crippen LogP contribution in [0.5, 0.6) is 28.7 Å². The maximum absolute atomic E-state index is 13.0. The van der Waals surface area contributed by atoms with Gasteiger partial charge in [-0.3, -0.25) is 4.79 Å². The number of carbonyl (C=O) groups is 1. The molecule has 0 bridgehead atoms. The van der Waals surface area contributed by atoms with Gasteiger partial charge >= 0.3 is 10.4 Å². The van der Waals surface area contributed by atoms with E-state index in [2.05, 4.69) is 0 Å². The molecule has 0 spiro atoms. The van der Waals surface area contributed by atoms with Crippen LogP contribution in [0, 0.1) is 5.92 Å². The Morgan fingerprint density at radius 3 is 2.10 bits per heavy atom. The Bertz CT molecular complexity index is 1280. The second-order valence-electron chi connectivity index (χ2n) is 9.73. The standard InChI is InChI=1S/C27H36O13S/c1-6-17-20(35-4)11-16(12-21(17)36-5)39-41(33,34)40-22-10-15(18(29)9-14(2)3)7-8-19(22)37-27-26(32)25(31)24(30)23(13-28)38-27/h7-8,10-12,14,23-28,30-32H,6,9,13H2,1-5H3/t23-,24+,25+,26-,27?/m1/s1. The first-order valence-corrected chi connectivity index (χ1v) is 14.2. The van der Waals surface area contributed by atoms with Crippen molar-refractivity contribution >= 4 is 16.2 Å². The van der Waals surface area contributed by atoms with Gasteiger partial charge in [0.2, 0.25) is 6.29 Å². The lowest BCUT2D eigenvalue weighted by atomic mass is 9.99. The van der Waals surface area contributed by atoms with Crippen molar-refractivity contribution in [2.24, 2.45) is 5.92 Å². The van der Waals surface area contributed by atoms with Gasteiger partial charge in [0.05, 0.1) is 20.8 Å². The predicted molar refractivity (Wildman–Crippen MR) is 144 cm³/mol. The molecule has 228 valence electrons. The van der Waals surface area contributed by atoms with Crippen LogP contribution in [0.25, 0.3) is 0 Å². The van der Waals surface area contributed by atoms with Gasteiger partial charge in [0.15, 0.2) is 23.0 Å². The van der Waals surface area contributed by atoms with Gasteiger partial charge in [-0.2, -0.15) is 0 Å². The highest BCUT2D eigenvalue weighted by atomic mass is 32.3. The molecule has 13 nitrogen and oxygen atoms in total. The summed E-state index contributed by atoms with van der Waals surface area (Å²) in [5, 5.41) is 40.0. The fraction of sp³-hybridized carbons (Fsp3) is 0.519. The van der Waals surface area contributed by atoms with E-state index >= 15 is 0 Å². The van der Waals surface area contributed by atoms with Crippen LogP contribution in [0.4, 0.5) is 0 Å². The Morgan fingerprint density at radius 1 is 0.927 bits per heavy atom. The van der Waals surface area contributed by atoms with E-state index in [9.17, 15) is 33.6 Å². The average molecular weight is 601 g/mol. The molecule has 1 heterocycles. The topological polar surface area (TPSA) is 188 Å². The quantitative estimate of drug-likeness (QED) is 0.242. The molecule has 2 aromatic carbocycles. The number of aliphatic hydroxyl groups excluding tert-OH is 4. The molecule has 41 heavy (non-hydrogen) atoms. The van der Waals surface area contributed by atoms with Crippen LogP contribution in [0.15, 0.2) is 30.3 Å². The lowest BCUT2D eigenvalue weighted by Crippen LogP contribution is -2.60. The zero-order valence-electron chi connectivity index (χ0n) is 23.3. The number of methoxy groups -OCH3 is 2. The average Bonchev–Trinajstić information content (AvgIpc) is 2.92. The summed E-state index contributed by atoms with van der Waals surface area (Å²) in [7, 11) is -2.05. The lowest BCUT2D eigenvalue weighted by molar-refractivity contribution is -0.277. The fourth-order valence-corrected chi connectivity index (χ4v) is 4.94. The van der Waals surface area contributed by atoms with Gasteiger partial charge in [-0.15, -0.1) is 8.42 Å². The van der Waals surface area contributed by atoms with Crippen LogP contribution < -0.4 is 22.6 Å². The summed E-state index contributed by atoms with van der Waals surface area (Å²) in [6.45, 7) is 4.85. The van der Waals surface area contributed by atoms with Crippen molar-refractivity contribution in [2.75, 3.05) is 20.8 Å². The van der Waals surface area contributed by atoms with Crippen LogP contribution in [0.2, 0.25) is 0 Å². The SMILES string of the molecule is CCc1c(OC)cc(OS(=O)(=O)Oc2cc(C(=O)CC(C)C)ccc2OC2O[C@H](CO)[C@H](O)[C@H](O)[C@H]2O)cc1OC. The van der Waals surface area contributed by atoms with E-state index in [0.29, 0.717) is 23.5 Å². The summed E-state index contributed by atoms with van der Waals surface area (Å²) in [5.74, 6) is -0.610. The third-order valence-electron chi connectivity index (χ3n) is 6.28. The van der Waals surface area contributed by atoms with E-state index < -0.39 is 53.5 Å². The monoisotopic (exact) mass is 600 g/mol. The first-order valence-electron chi connectivity index (χ1n) is 12.9. The molecular formula is C27H36O13S. The number of Topliss-reactive ketones (excluding diaryl/α,β-unsaturated/α-hetero) is 1. The molecule has 1 aliphatic heterocycles. The van der Waals surface area contributed by atoms with Crippen LogP contribution >= 0.6 is 0 Å². The number of benzene rings is 2. The highest BCUT2D eigenvalue weighted by Crippen LogP contribution is 2.37. The maximum Gasteiger partial charge on any atom is 0.501 e. The van der Waals surface area contributed by atoms with Gasteiger partial charge in [0, 0.05) is 29.7 Å². The van der Waals surface area contributed by atoms with Crippen molar-refractivity contribution in [1.82, 2.24) is 0 Å². The second kappa shape index (κ2) is 13.7. The first kappa shape index (κ1) is 32.4. The van der Waals surface area contributed by atoms with E-state index in [1.165, 1.54) is 38.5 Å². The maximum atomic E-state index is 13.0. The molecule has 3 rings (SSSR count). The molecule has 14 heteroatoms. The summed E-state index contributed by atoms with van der Waals surface area (Å²) in [6.07, 6.45) is -7.40. The minimum absolute atomic E-state index is 0.0139. The molecule has 5 atom stereocenters. The molecule has 0 aliphatic carbocycles. The molecule has 1 aliphatic rings. The molecule has 1 fully saturated rings.